The number of benzene rings is 1. The third-order valence-electron chi connectivity index (χ3n) is 3.05. The van der Waals surface area contributed by atoms with Crippen molar-refractivity contribution in [2.75, 3.05) is 0 Å². The summed E-state index contributed by atoms with van der Waals surface area (Å²) in [4.78, 5) is 0. The molecule has 1 aromatic rings. The molecule has 0 aliphatic heterocycles. The van der Waals surface area contributed by atoms with Gasteiger partial charge in [0.2, 0.25) is 0 Å². The van der Waals surface area contributed by atoms with E-state index in [1.54, 1.807) is 6.07 Å². The highest BCUT2D eigenvalue weighted by molar-refractivity contribution is 5.38. The molecule has 0 unspecified atom stereocenters. The van der Waals surface area contributed by atoms with Crippen LogP contribution in [0.4, 0.5) is 4.39 Å². The van der Waals surface area contributed by atoms with Gasteiger partial charge < -0.3 is 0 Å². The quantitative estimate of drug-likeness (QED) is 0.659. The second-order valence-corrected chi connectivity index (χ2v) is 5.47. The van der Waals surface area contributed by atoms with Crippen molar-refractivity contribution in [3.05, 3.63) is 34.6 Å². The van der Waals surface area contributed by atoms with Crippen molar-refractivity contribution in [1.82, 2.24) is 0 Å². The van der Waals surface area contributed by atoms with Crippen molar-refractivity contribution in [3.63, 3.8) is 0 Å². The lowest BCUT2D eigenvalue weighted by Crippen LogP contribution is -2.05. The number of rotatable bonds is 3. The molecule has 0 N–H and O–H groups in total. The molecule has 1 aromatic carbocycles. The van der Waals surface area contributed by atoms with Crippen LogP contribution in [0, 0.1) is 5.82 Å². The monoisotopic (exact) mass is 222 g/mol. The Balaban J connectivity index is 3.39. The first kappa shape index (κ1) is 13.2. The Morgan fingerprint density at radius 1 is 0.812 bits per heavy atom. The molecule has 0 spiro atoms. The summed E-state index contributed by atoms with van der Waals surface area (Å²) in [6.45, 7) is 12.6. The standard InChI is InChI=1S/C15H23F/c1-9(2)12-7-13(10(3)4)15(11(5)6)14(16)8-12/h7-11H,1-6H3. The number of hydrogen-bond acceptors (Lipinski definition) is 0. The third kappa shape index (κ3) is 2.63. The summed E-state index contributed by atoms with van der Waals surface area (Å²) in [5.74, 6) is 0.974. The van der Waals surface area contributed by atoms with Crippen LogP contribution in [0.5, 0.6) is 0 Å². The lowest BCUT2D eigenvalue weighted by molar-refractivity contribution is 0.585. The number of hydrogen-bond donors (Lipinski definition) is 0. The number of halogens is 1. The molecule has 0 saturated carbocycles. The summed E-state index contributed by atoms with van der Waals surface area (Å²) in [6.07, 6.45) is 0. The Kier molecular flexibility index (Phi) is 4.12. The molecule has 0 bridgehead atoms. The maximum Gasteiger partial charge on any atom is 0.127 e. The van der Waals surface area contributed by atoms with Gasteiger partial charge in [-0.2, -0.15) is 0 Å². The van der Waals surface area contributed by atoms with Gasteiger partial charge in [-0.1, -0.05) is 47.6 Å². The molecule has 0 saturated heterocycles. The molecular formula is C15H23F. The van der Waals surface area contributed by atoms with Gasteiger partial charge in [0, 0.05) is 0 Å². The first-order valence-electron chi connectivity index (χ1n) is 6.17. The molecule has 0 fully saturated rings. The molecule has 0 amide bonds. The van der Waals surface area contributed by atoms with Crippen LogP contribution in [-0.2, 0) is 0 Å². The average Bonchev–Trinajstić information content (AvgIpc) is 2.15. The summed E-state index contributed by atoms with van der Waals surface area (Å²) >= 11 is 0. The van der Waals surface area contributed by atoms with Crippen molar-refractivity contribution in [1.29, 1.82) is 0 Å². The van der Waals surface area contributed by atoms with E-state index >= 15 is 0 Å². The highest BCUT2D eigenvalue weighted by Gasteiger charge is 2.17. The Bertz CT molecular complexity index is 362. The van der Waals surface area contributed by atoms with Crippen LogP contribution in [0.15, 0.2) is 12.1 Å². The fraction of sp³-hybridized carbons (Fsp3) is 0.600. The van der Waals surface area contributed by atoms with E-state index in [2.05, 4.69) is 47.6 Å². The molecule has 0 aliphatic carbocycles. The Hall–Kier alpha value is -0.850. The zero-order valence-electron chi connectivity index (χ0n) is 11.3. The van der Waals surface area contributed by atoms with Gasteiger partial charge in [-0.25, -0.2) is 4.39 Å². The molecule has 1 heteroatoms. The second kappa shape index (κ2) is 4.99. The van der Waals surface area contributed by atoms with Crippen molar-refractivity contribution < 1.29 is 4.39 Å². The van der Waals surface area contributed by atoms with Crippen LogP contribution in [0.2, 0.25) is 0 Å². The van der Waals surface area contributed by atoms with Crippen LogP contribution >= 0.6 is 0 Å². The molecule has 0 heterocycles. The molecular weight excluding hydrogens is 199 g/mol. The smallest absolute Gasteiger partial charge is 0.127 e. The van der Waals surface area contributed by atoms with E-state index < -0.39 is 0 Å². The van der Waals surface area contributed by atoms with Gasteiger partial charge in [0.1, 0.15) is 5.82 Å². The topological polar surface area (TPSA) is 0 Å². The van der Waals surface area contributed by atoms with Crippen LogP contribution in [0.3, 0.4) is 0 Å². The molecule has 90 valence electrons. The summed E-state index contributed by atoms with van der Waals surface area (Å²) in [6, 6.07) is 3.87. The second-order valence-electron chi connectivity index (χ2n) is 5.47. The van der Waals surface area contributed by atoms with Crippen molar-refractivity contribution in [3.8, 4) is 0 Å². The zero-order valence-corrected chi connectivity index (χ0v) is 11.3. The first-order valence-corrected chi connectivity index (χ1v) is 6.17. The normalized spacial score (nSPS) is 11.9. The summed E-state index contributed by atoms with van der Waals surface area (Å²) in [5.41, 5.74) is 3.16. The van der Waals surface area contributed by atoms with Crippen LogP contribution < -0.4 is 0 Å². The summed E-state index contributed by atoms with van der Waals surface area (Å²) < 4.78 is 14.1. The Labute approximate surface area is 98.9 Å². The van der Waals surface area contributed by atoms with E-state index in [9.17, 15) is 4.39 Å². The van der Waals surface area contributed by atoms with E-state index in [0.717, 1.165) is 11.1 Å². The minimum atomic E-state index is -0.0371. The lowest BCUT2D eigenvalue weighted by Gasteiger charge is -2.19. The van der Waals surface area contributed by atoms with Gasteiger partial charge in [-0.05, 0) is 40.5 Å². The molecule has 0 atom stereocenters. The van der Waals surface area contributed by atoms with E-state index in [-0.39, 0.29) is 11.7 Å². The maximum atomic E-state index is 14.1. The van der Waals surface area contributed by atoms with Crippen LogP contribution in [0.1, 0.15) is 76.0 Å². The van der Waals surface area contributed by atoms with E-state index in [1.807, 2.05) is 0 Å². The maximum absolute atomic E-state index is 14.1. The summed E-state index contributed by atoms with van der Waals surface area (Å²) in [7, 11) is 0. The Morgan fingerprint density at radius 3 is 1.75 bits per heavy atom. The van der Waals surface area contributed by atoms with Crippen molar-refractivity contribution in [2.24, 2.45) is 0 Å². The van der Waals surface area contributed by atoms with E-state index in [4.69, 9.17) is 0 Å². The van der Waals surface area contributed by atoms with Crippen molar-refractivity contribution >= 4 is 0 Å². The van der Waals surface area contributed by atoms with E-state index in [1.165, 1.54) is 5.56 Å². The van der Waals surface area contributed by atoms with Gasteiger partial charge in [-0.3, -0.25) is 0 Å². The predicted molar refractivity (Wildman–Crippen MR) is 68.7 cm³/mol. The molecule has 0 radical (unpaired) electrons. The minimum absolute atomic E-state index is 0.0371. The van der Waals surface area contributed by atoms with E-state index in [0.29, 0.717) is 11.8 Å². The van der Waals surface area contributed by atoms with Gasteiger partial charge in [0.15, 0.2) is 0 Å². The first-order chi connectivity index (χ1) is 7.34. The largest absolute Gasteiger partial charge is 0.207 e. The SMILES string of the molecule is CC(C)c1cc(F)c(C(C)C)c(C(C)C)c1. The zero-order chi connectivity index (χ0) is 12.5. The third-order valence-corrected chi connectivity index (χ3v) is 3.05. The fourth-order valence-corrected chi connectivity index (χ4v) is 2.08. The van der Waals surface area contributed by atoms with Gasteiger partial charge >= 0.3 is 0 Å². The van der Waals surface area contributed by atoms with Gasteiger partial charge in [0.25, 0.3) is 0 Å². The molecule has 0 aromatic heterocycles. The highest BCUT2D eigenvalue weighted by Crippen LogP contribution is 2.31. The average molecular weight is 222 g/mol. The van der Waals surface area contributed by atoms with Crippen LogP contribution in [-0.4, -0.2) is 0 Å². The highest BCUT2D eigenvalue weighted by atomic mass is 19.1. The van der Waals surface area contributed by atoms with Crippen molar-refractivity contribution in [2.45, 2.75) is 59.3 Å². The lowest BCUT2D eigenvalue weighted by atomic mass is 9.86. The molecule has 16 heavy (non-hydrogen) atoms. The molecule has 0 nitrogen and oxygen atoms in total. The van der Waals surface area contributed by atoms with Gasteiger partial charge in [0.05, 0.1) is 0 Å². The predicted octanol–water partition coefficient (Wildman–Crippen LogP) is 5.20. The Morgan fingerprint density at radius 2 is 1.38 bits per heavy atom. The summed E-state index contributed by atoms with van der Waals surface area (Å²) in [5, 5.41) is 0. The minimum Gasteiger partial charge on any atom is -0.207 e. The molecule has 1 rings (SSSR count). The molecule has 0 aliphatic rings. The van der Waals surface area contributed by atoms with Crippen LogP contribution in [0.25, 0.3) is 0 Å². The van der Waals surface area contributed by atoms with Gasteiger partial charge in [-0.15, -0.1) is 0 Å². The fourth-order valence-electron chi connectivity index (χ4n) is 2.08.